The third kappa shape index (κ3) is 3.99. The summed E-state index contributed by atoms with van der Waals surface area (Å²) in [5.74, 6) is 0.560. The van der Waals surface area contributed by atoms with Crippen molar-refractivity contribution >= 4 is 17.4 Å². The fourth-order valence-corrected chi connectivity index (χ4v) is 3.00. The average molecular weight is 339 g/mol. The van der Waals surface area contributed by atoms with Crippen LogP contribution in [-0.2, 0) is 17.6 Å². The number of carbonyl (C=O) groups is 2. The van der Waals surface area contributed by atoms with Gasteiger partial charge in [-0.15, -0.1) is 0 Å². The van der Waals surface area contributed by atoms with E-state index >= 15 is 0 Å². The van der Waals surface area contributed by atoms with Crippen molar-refractivity contribution in [3.05, 3.63) is 53.1 Å². The molecule has 1 amide bonds. The van der Waals surface area contributed by atoms with Crippen molar-refractivity contribution in [3.8, 4) is 11.5 Å². The normalized spacial score (nSPS) is 12.4. The highest BCUT2D eigenvalue weighted by atomic mass is 16.5. The SMILES string of the molecule is COc1cc(C(C)=O)ccc1OCC(=O)Nc1ccc2c(c1)CCC2. The molecule has 0 bridgehead atoms. The largest absolute Gasteiger partial charge is 0.493 e. The number of amides is 1. The number of carbonyl (C=O) groups excluding carboxylic acids is 2. The highest BCUT2D eigenvalue weighted by Gasteiger charge is 2.13. The maximum absolute atomic E-state index is 12.1. The molecule has 3 rings (SSSR count). The molecule has 0 heterocycles. The summed E-state index contributed by atoms with van der Waals surface area (Å²) in [5, 5.41) is 2.85. The summed E-state index contributed by atoms with van der Waals surface area (Å²) < 4.78 is 10.8. The first-order valence-corrected chi connectivity index (χ1v) is 8.30. The molecule has 0 spiro atoms. The first-order valence-electron chi connectivity index (χ1n) is 8.30. The number of hydrogen-bond donors (Lipinski definition) is 1. The Balaban J connectivity index is 1.61. The molecule has 130 valence electrons. The molecule has 1 N–H and O–H groups in total. The molecule has 0 radical (unpaired) electrons. The van der Waals surface area contributed by atoms with Crippen LogP contribution in [0.25, 0.3) is 0 Å². The molecule has 25 heavy (non-hydrogen) atoms. The molecule has 5 nitrogen and oxygen atoms in total. The molecular weight excluding hydrogens is 318 g/mol. The Morgan fingerprint density at radius 3 is 2.60 bits per heavy atom. The molecule has 2 aromatic rings. The Bertz CT molecular complexity index is 813. The third-order valence-corrected chi connectivity index (χ3v) is 4.31. The second kappa shape index (κ2) is 7.38. The molecule has 5 heteroatoms. The van der Waals surface area contributed by atoms with Gasteiger partial charge in [-0.1, -0.05) is 6.07 Å². The fourth-order valence-electron chi connectivity index (χ4n) is 3.00. The number of Topliss-reactive ketones (excluding diaryl/α,β-unsaturated/α-hetero) is 1. The lowest BCUT2D eigenvalue weighted by Gasteiger charge is -2.12. The maximum Gasteiger partial charge on any atom is 0.262 e. The second-order valence-corrected chi connectivity index (χ2v) is 6.10. The Morgan fingerprint density at radius 2 is 1.84 bits per heavy atom. The van der Waals surface area contributed by atoms with Crippen molar-refractivity contribution in [2.45, 2.75) is 26.2 Å². The van der Waals surface area contributed by atoms with E-state index in [2.05, 4.69) is 11.4 Å². The van der Waals surface area contributed by atoms with Crippen LogP contribution < -0.4 is 14.8 Å². The van der Waals surface area contributed by atoms with E-state index in [1.54, 1.807) is 18.2 Å². The van der Waals surface area contributed by atoms with Crippen molar-refractivity contribution in [3.63, 3.8) is 0 Å². The van der Waals surface area contributed by atoms with Crippen LogP contribution in [0.3, 0.4) is 0 Å². The lowest BCUT2D eigenvalue weighted by Crippen LogP contribution is -2.20. The lowest BCUT2D eigenvalue weighted by molar-refractivity contribution is -0.118. The number of ketones is 1. The summed E-state index contributed by atoms with van der Waals surface area (Å²) in [5.41, 5.74) is 3.99. The zero-order chi connectivity index (χ0) is 17.8. The molecule has 1 aliphatic rings. The van der Waals surface area contributed by atoms with Crippen LogP contribution in [0.4, 0.5) is 5.69 Å². The van der Waals surface area contributed by atoms with E-state index in [1.807, 2.05) is 12.1 Å². The standard InChI is InChI=1S/C20H21NO4/c1-13(22)15-7-9-18(19(11-15)24-2)25-12-20(23)21-17-8-6-14-4-3-5-16(14)10-17/h6-11H,3-5,12H2,1-2H3,(H,21,23). The van der Waals surface area contributed by atoms with Crippen molar-refractivity contribution in [2.75, 3.05) is 19.0 Å². The van der Waals surface area contributed by atoms with E-state index in [0.29, 0.717) is 17.1 Å². The monoisotopic (exact) mass is 339 g/mol. The van der Waals surface area contributed by atoms with Gasteiger partial charge in [-0.2, -0.15) is 0 Å². The van der Waals surface area contributed by atoms with Gasteiger partial charge in [0.2, 0.25) is 0 Å². The van der Waals surface area contributed by atoms with Gasteiger partial charge >= 0.3 is 0 Å². The predicted octanol–water partition coefficient (Wildman–Crippen LogP) is 3.40. The van der Waals surface area contributed by atoms with Crippen LogP contribution in [0.2, 0.25) is 0 Å². The molecule has 0 unspecified atom stereocenters. The van der Waals surface area contributed by atoms with Gasteiger partial charge in [0.25, 0.3) is 5.91 Å². The van der Waals surface area contributed by atoms with E-state index < -0.39 is 0 Å². The molecule has 0 fully saturated rings. The van der Waals surface area contributed by atoms with Crippen molar-refractivity contribution in [2.24, 2.45) is 0 Å². The van der Waals surface area contributed by atoms with E-state index in [1.165, 1.54) is 31.6 Å². The van der Waals surface area contributed by atoms with Gasteiger partial charge < -0.3 is 14.8 Å². The van der Waals surface area contributed by atoms with Gasteiger partial charge in [-0.25, -0.2) is 0 Å². The van der Waals surface area contributed by atoms with Gasteiger partial charge in [-0.05, 0) is 67.6 Å². The first-order chi connectivity index (χ1) is 12.1. The van der Waals surface area contributed by atoms with E-state index in [4.69, 9.17) is 9.47 Å². The van der Waals surface area contributed by atoms with Crippen LogP contribution >= 0.6 is 0 Å². The summed E-state index contributed by atoms with van der Waals surface area (Å²) in [7, 11) is 1.50. The van der Waals surface area contributed by atoms with E-state index in [9.17, 15) is 9.59 Å². The molecule has 0 atom stereocenters. The zero-order valence-electron chi connectivity index (χ0n) is 14.4. The van der Waals surface area contributed by atoms with E-state index in [0.717, 1.165) is 18.5 Å². The maximum atomic E-state index is 12.1. The summed E-state index contributed by atoms with van der Waals surface area (Å²) in [6.07, 6.45) is 3.35. The molecular formula is C20H21NO4. The summed E-state index contributed by atoms with van der Waals surface area (Å²) in [4.78, 5) is 23.5. The average Bonchev–Trinajstić information content (AvgIpc) is 3.07. The minimum Gasteiger partial charge on any atom is -0.493 e. The molecule has 0 aliphatic heterocycles. The Labute approximate surface area is 147 Å². The zero-order valence-corrected chi connectivity index (χ0v) is 14.4. The van der Waals surface area contributed by atoms with Crippen LogP contribution in [0.15, 0.2) is 36.4 Å². The van der Waals surface area contributed by atoms with Gasteiger partial charge in [0, 0.05) is 11.3 Å². The van der Waals surface area contributed by atoms with E-state index in [-0.39, 0.29) is 18.3 Å². The predicted molar refractivity (Wildman–Crippen MR) is 95.6 cm³/mol. The Morgan fingerprint density at radius 1 is 1.04 bits per heavy atom. The fraction of sp³-hybridized carbons (Fsp3) is 0.300. The lowest BCUT2D eigenvalue weighted by atomic mass is 10.1. The molecule has 0 saturated heterocycles. The van der Waals surface area contributed by atoms with Gasteiger partial charge in [0.15, 0.2) is 23.9 Å². The minimum absolute atomic E-state index is 0.0563. The summed E-state index contributed by atoms with van der Waals surface area (Å²) in [6.45, 7) is 1.35. The molecule has 1 aliphatic carbocycles. The highest BCUT2D eigenvalue weighted by Crippen LogP contribution is 2.28. The quantitative estimate of drug-likeness (QED) is 0.819. The molecule has 0 aromatic heterocycles. The number of nitrogens with one attached hydrogen (secondary N) is 1. The van der Waals surface area contributed by atoms with Crippen LogP contribution in [-0.4, -0.2) is 25.4 Å². The highest BCUT2D eigenvalue weighted by molar-refractivity contribution is 5.95. The number of fused-ring (bicyclic) bond motifs is 1. The number of ether oxygens (including phenoxy) is 2. The number of hydrogen-bond acceptors (Lipinski definition) is 4. The van der Waals surface area contributed by atoms with Crippen molar-refractivity contribution in [1.82, 2.24) is 0 Å². The topological polar surface area (TPSA) is 64.6 Å². The Hall–Kier alpha value is -2.82. The first kappa shape index (κ1) is 17.0. The van der Waals surface area contributed by atoms with Gasteiger partial charge in [0.05, 0.1) is 7.11 Å². The van der Waals surface area contributed by atoms with Gasteiger partial charge in [-0.3, -0.25) is 9.59 Å². The third-order valence-electron chi connectivity index (χ3n) is 4.31. The van der Waals surface area contributed by atoms with Crippen LogP contribution in [0.1, 0.15) is 34.8 Å². The second-order valence-electron chi connectivity index (χ2n) is 6.10. The van der Waals surface area contributed by atoms with Crippen LogP contribution in [0, 0.1) is 0 Å². The number of aryl methyl sites for hydroxylation is 2. The Kier molecular flexibility index (Phi) is 5.03. The van der Waals surface area contributed by atoms with Gasteiger partial charge in [0.1, 0.15) is 0 Å². The number of rotatable bonds is 6. The molecule has 2 aromatic carbocycles. The van der Waals surface area contributed by atoms with Crippen molar-refractivity contribution < 1.29 is 19.1 Å². The number of benzene rings is 2. The summed E-state index contributed by atoms with van der Waals surface area (Å²) >= 11 is 0. The minimum atomic E-state index is -0.240. The van der Waals surface area contributed by atoms with Crippen molar-refractivity contribution in [1.29, 1.82) is 0 Å². The smallest absolute Gasteiger partial charge is 0.262 e. The number of anilines is 1. The molecule has 0 saturated carbocycles. The van der Waals surface area contributed by atoms with Crippen LogP contribution in [0.5, 0.6) is 11.5 Å². The summed E-state index contributed by atoms with van der Waals surface area (Å²) in [6, 6.07) is 10.9. The number of methoxy groups -OCH3 is 1.